The molecule has 1 N–H and O–H groups in total. The van der Waals surface area contributed by atoms with E-state index < -0.39 is 11.6 Å². The third-order valence-electron chi connectivity index (χ3n) is 3.17. The highest BCUT2D eigenvalue weighted by Gasteiger charge is 2.34. The molecule has 1 aliphatic rings. The molecule has 0 aliphatic carbocycles. The number of hydrogen-bond donors (Lipinski definition) is 1. The quantitative estimate of drug-likeness (QED) is 0.672. The number of ether oxygens (including phenoxy) is 2. The number of methoxy groups -OCH3 is 1. The Morgan fingerprint density at radius 1 is 1.39 bits per heavy atom. The van der Waals surface area contributed by atoms with Gasteiger partial charge in [-0.15, -0.1) is 0 Å². The Hall–Kier alpha value is -2.02. The summed E-state index contributed by atoms with van der Waals surface area (Å²) >= 11 is 5.87. The molecule has 0 aromatic carbocycles. The van der Waals surface area contributed by atoms with Crippen LogP contribution in [0.15, 0.2) is 12.3 Å². The predicted molar refractivity (Wildman–Crippen MR) is 85.8 cm³/mol. The molecule has 0 bridgehead atoms. The van der Waals surface area contributed by atoms with Crippen molar-refractivity contribution in [3.8, 4) is 0 Å². The van der Waals surface area contributed by atoms with E-state index in [1.54, 1.807) is 11.0 Å². The highest BCUT2D eigenvalue weighted by molar-refractivity contribution is 6.29. The van der Waals surface area contributed by atoms with Crippen LogP contribution >= 0.6 is 11.6 Å². The van der Waals surface area contributed by atoms with E-state index in [1.165, 1.54) is 13.3 Å². The standard InChI is InChI=1S/C15H20ClN3O4/c1-15(2,3)23-14(21)19-7-9(8-19)18-11-5-12(16)17-6-10(11)13(20)22-4/h5-6,9H,7-8H2,1-4H3,(H,17,18). The monoisotopic (exact) mass is 341 g/mol. The average molecular weight is 342 g/mol. The fourth-order valence-electron chi connectivity index (χ4n) is 2.09. The van der Waals surface area contributed by atoms with E-state index in [0.29, 0.717) is 24.3 Å². The zero-order valence-corrected chi connectivity index (χ0v) is 14.3. The first-order valence-electron chi connectivity index (χ1n) is 7.18. The normalized spacial score (nSPS) is 14.9. The SMILES string of the molecule is COC(=O)c1cnc(Cl)cc1NC1CN(C(=O)OC(C)(C)C)C1. The first-order chi connectivity index (χ1) is 10.7. The smallest absolute Gasteiger partial charge is 0.410 e. The van der Waals surface area contributed by atoms with Crippen molar-refractivity contribution in [1.82, 2.24) is 9.88 Å². The van der Waals surface area contributed by atoms with Crippen LogP contribution in [-0.4, -0.2) is 53.8 Å². The van der Waals surface area contributed by atoms with E-state index in [2.05, 4.69) is 10.3 Å². The molecular weight excluding hydrogens is 322 g/mol. The highest BCUT2D eigenvalue weighted by atomic mass is 35.5. The molecule has 0 atom stereocenters. The zero-order valence-electron chi connectivity index (χ0n) is 13.6. The summed E-state index contributed by atoms with van der Waals surface area (Å²) in [5, 5.41) is 3.44. The maximum Gasteiger partial charge on any atom is 0.410 e. The second-order valence-electron chi connectivity index (χ2n) is 6.27. The number of rotatable bonds is 3. The van der Waals surface area contributed by atoms with Crippen LogP contribution in [0.2, 0.25) is 5.15 Å². The van der Waals surface area contributed by atoms with E-state index in [-0.39, 0.29) is 17.3 Å². The van der Waals surface area contributed by atoms with Crippen molar-refractivity contribution in [3.05, 3.63) is 23.0 Å². The Labute approximate surface area is 139 Å². The van der Waals surface area contributed by atoms with E-state index in [0.717, 1.165) is 0 Å². The molecule has 0 saturated carbocycles. The van der Waals surface area contributed by atoms with E-state index in [9.17, 15) is 9.59 Å². The van der Waals surface area contributed by atoms with Crippen LogP contribution in [0.1, 0.15) is 31.1 Å². The molecule has 2 heterocycles. The van der Waals surface area contributed by atoms with Crippen molar-refractivity contribution < 1.29 is 19.1 Å². The largest absolute Gasteiger partial charge is 0.465 e. The number of amides is 1. The second-order valence-corrected chi connectivity index (χ2v) is 6.66. The van der Waals surface area contributed by atoms with Gasteiger partial charge in [-0.05, 0) is 26.8 Å². The number of anilines is 1. The summed E-state index contributed by atoms with van der Waals surface area (Å²) in [6.07, 6.45) is 1.01. The topological polar surface area (TPSA) is 80.8 Å². The van der Waals surface area contributed by atoms with Gasteiger partial charge in [0.25, 0.3) is 0 Å². The second kappa shape index (κ2) is 6.62. The summed E-state index contributed by atoms with van der Waals surface area (Å²) in [5.41, 5.74) is 0.310. The third kappa shape index (κ3) is 4.48. The van der Waals surface area contributed by atoms with Gasteiger partial charge in [0, 0.05) is 19.3 Å². The van der Waals surface area contributed by atoms with E-state index in [4.69, 9.17) is 21.1 Å². The van der Waals surface area contributed by atoms with Crippen molar-refractivity contribution in [1.29, 1.82) is 0 Å². The Balaban J connectivity index is 1.97. The van der Waals surface area contributed by atoms with Crippen LogP contribution < -0.4 is 5.32 Å². The van der Waals surface area contributed by atoms with Gasteiger partial charge in [0.2, 0.25) is 0 Å². The lowest BCUT2D eigenvalue weighted by Gasteiger charge is -2.40. The molecule has 1 aromatic heterocycles. The van der Waals surface area contributed by atoms with Crippen molar-refractivity contribution >= 4 is 29.4 Å². The van der Waals surface area contributed by atoms with Gasteiger partial charge >= 0.3 is 12.1 Å². The molecule has 2 rings (SSSR count). The van der Waals surface area contributed by atoms with Gasteiger partial charge in [-0.2, -0.15) is 0 Å². The molecule has 126 valence electrons. The molecule has 0 spiro atoms. The Kier molecular flexibility index (Phi) is 4.99. The fraction of sp³-hybridized carbons (Fsp3) is 0.533. The summed E-state index contributed by atoms with van der Waals surface area (Å²) in [6, 6.07) is 1.56. The molecule has 0 unspecified atom stereocenters. The van der Waals surface area contributed by atoms with Gasteiger partial charge in [-0.3, -0.25) is 0 Å². The number of likely N-dealkylation sites (tertiary alicyclic amines) is 1. The number of carbonyl (C=O) groups excluding carboxylic acids is 2. The van der Waals surface area contributed by atoms with Gasteiger partial charge in [0.05, 0.1) is 18.8 Å². The Morgan fingerprint density at radius 3 is 2.61 bits per heavy atom. The number of hydrogen-bond acceptors (Lipinski definition) is 6. The number of nitrogens with zero attached hydrogens (tertiary/aromatic N) is 2. The van der Waals surface area contributed by atoms with Crippen LogP contribution in [0.3, 0.4) is 0 Å². The maximum absolute atomic E-state index is 11.9. The van der Waals surface area contributed by atoms with Gasteiger partial charge in [-0.1, -0.05) is 11.6 Å². The van der Waals surface area contributed by atoms with Crippen molar-refractivity contribution in [2.75, 3.05) is 25.5 Å². The van der Waals surface area contributed by atoms with Crippen molar-refractivity contribution in [3.63, 3.8) is 0 Å². The van der Waals surface area contributed by atoms with Crippen LogP contribution in [-0.2, 0) is 9.47 Å². The first kappa shape index (κ1) is 17.3. The highest BCUT2D eigenvalue weighted by Crippen LogP contribution is 2.23. The van der Waals surface area contributed by atoms with E-state index in [1.807, 2.05) is 20.8 Å². The lowest BCUT2D eigenvalue weighted by molar-refractivity contribution is 0.0104. The molecule has 1 saturated heterocycles. The maximum atomic E-state index is 11.9. The Bertz CT molecular complexity index is 609. The molecule has 1 aromatic rings. The minimum atomic E-state index is -0.522. The molecule has 8 heteroatoms. The minimum absolute atomic E-state index is 0.00407. The summed E-state index contributed by atoms with van der Waals surface area (Å²) in [5.74, 6) is -0.500. The molecular formula is C15H20ClN3O4. The van der Waals surface area contributed by atoms with Crippen molar-refractivity contribution in [2.24, 2.45) is 0 Å². The molecule has 0 radical (unpaired) electrons. The molecule has 1 fully saturated rings. The van der Waals surface area contributed by atoms with Crippen LogP contribution in [0.4, 0.5) is 10.5 Å². The van der Waals surface area contributed by atoms with Gasteiger partial charge in [-0.25, -0.2) is 14.6 Å². The first-order valence-corrected chi connectivity index (χ1v) is 7.55. The van der Waals surface area contributed by atoms with Crippen LogP contribution in [0, 0.1) is 0 Å². The molecule has 7 nitrogen and oxygen atoms in total. The summed E-state index contributed by atoms with van der Waals surface area (Å²) < 4.78 is 10.0. The summed E-state index contributed by atoms with van der Waals surface area (Å²) in [4.78, 5) is 29.1. The lowest BCUT2D eigenvalue weighted by Crippen LogP contribution is -2.58. The van der Waals surface area contributed by atoms with Crippen LogP contribution in [0.25, 0.3) is 0 Å². The van der Waals surface area contributed by atoms with E-state index >= 15 is 0 Å². The molecule has 1 aliphatic heterocycles. The number of esters is 1. The average Bonchev–Trinajstić information content (AvgIpc) is 2.39. The minimum Gasteiger partial charge on any atom is -0.465 e. The number of carbonyl (C=O) groups is 2. The fourth-order valence-corrected chi connectivity index (χ4v) is 2.25. The summed E-state index contributed by atoms with van der Waals surface area (Å²) in [7, 11) is 1.30. The van der Waals surface area contributed by atoms with Crippen LogP contribution in [0.5, 0.6) is 0 Å². The van der Waals surface area contributed by atoms with Gasteiger partial charge in [0.1, 0.15) is 16.3 Å². The Morgan fingerprint density at radius 2 is 2.04 bits per heavy atom. The number of halogens is 1. The number of nitrogens with one attached hydrogen (secondary N) is 1. The number of aromatic nitrogens is 1. The predicted octanol–water partition coefficient (Wildman–Crippen LogP) is 2.55. The van der Waals surface area contributed by atoms with Gasteiger partial charge in [0.15, 0.2) is 0 Å². The summed E-state index contributed by atoms with van der Waals surface area (Å²) in [6.45, 7) is 6.43. The zero-order chi connectivity index (χ0) is 17.2. The van der Waals surface area contributed by atoms with Crippen molar-refractivity contribution in [2.45, 2.75) is 32.4 Å². The molecule has 1 amide bonds. The van der Waals surface area contributed by atoms with Gasteiger partial charge < -0.3 is 19.7 Å². The third-order valence-corrected chi connectivity index (χ3v) is 3.38. The lowest BCUT2D eigenvalue weighted by atomic mass is 10.1. The molecule has 23 heavy (non-hydrogen) atoms. The number of pyridine rings is 1.